The number of hydrogen-bond acceptors (Lipinski definition) is 3. The van der Waals surface area contributed by atoms with E-state index in [0.717, 1.165) is 30.9 Å². The van der Waals surface area contributed by atoms with Crippen molar-refractivity contribution >= 4 is 0 Å². The highest BCUT2D eigenvalue weighted by Crippen LogP contribution is 2.36. The highest BCUT2D eigenvalue weighted by Gasteiger charge is 2.39. The third-order valence-electron chi connectivity index (χ3n) is 3.66. The Morgan fingerprint density at radius 2 is 2.33 bits per heavy atom. The summed E-state index contributed by atoms with van der Waals surface area (Å²) >= 11 is 0. The van der Waals surface area contributed by atoms with Crippen LogP contribution in [0.1, 0.15) is 51.2 Å². The summed E-state index contributed by atoms with van der Waals surface area (Å²) in [6.07, 6.45) is 5.57. The maximum absolute atomic E-state index is 6.20. The second kappa shape index (κ2) is 3.93. The minimum absolute atomic E-state index is 0.0256. The Morgan fingerprint density at radius 3 is 2.93 bits per heavy atom. The number of hydrogen-bond donors (Lipinski definition) is 2. The maximum Gasteiger partial charge on any atom is 0.158 e. The summed E-state index contributed by atoms with van der Waals surface area (Å²) in [4.78, 5) is 4.53. The molecule has 0 aromatic carbocycles. The molecule has 2 unspecified atom stereocenters. The molecule has 1 fully saturated rings. The minimum Gasteiger partial charge on any atom is -0.327 e. The van der Waals surface area contributed by atoms with Crippen LogP contribution in [0, 0.1) is 0 Å². The fourth-order valence-electron chi connectivity index (χ4n) is 2.35. The summed E-state index contributed by atoms with van der Waals surface area (Å²) < 4.78 is 0. The van der Waals surface area contributed by atoms with Crippen molar-refractivity contribution in [3.05, 3.63) is 11.6 Å². The smallest absolute Gasteiger partial charge is 0.158 e. The van der Waals surface area contributed by atoms with E-state index in [1.165, 1.54) is 12.8 Å². The molecule has 1 aromatic rings. The van der Waals surface area contributed by atoms with Crippen molar-refractivity contribution < 1.29 is 0 Å². The molecule has 0 saturated heterocycles. The summed E-state index contributed by atoms with van der Waals surface area (Å²) in [5.41, 5.74) is 6.18. The van der Waals surface area contributed by atoms with Crippen molar-refractivity contribution in [2.24, 2.45) is 5.73 Å². The molecule has 1 aliphatic rings. The molecule has 1 aromatic heterocycles. The Kier molecular flexibility index (Phi) is 2.78. The van der Waals surface area contributed by atoms with E-state index in [4.69, 9.17) is 5.73 Å². The molecule has 0 aliphatic heterocycles. The predicted molar refractivity (Wildman–Crippen MR) is 59.6 cm³/mol. The van der Waals surface area contributed by atoms with E-state index in [2.05, 4.69) is 29.0 Å². The predicted octanol–water partition coefficient (Wildman–Crippen LogP) is 1.53. The van der Waals surface area contributed by atoms with Crippen molar-refractivity contribution in [2.75, 3.05) is 0 Å². The van der Waals surface area contributed by atoms with Gasteiger partial charge in [0.15, 0.2) is 5.82 Å². The monoisotopic (exact) mass is 208 g/mol. The van der Waals surface area contributed by atoms with Gasteiger partial charge in [0.1, 0.15) is 5.82 Å². The first-order chi connectivity index (χ1) is 7.16. The highest BCUT2D eigenvalue weighted by molar-refractivity contribution is 5.12. The molecule has 84 valence electrons. The molecule has 2 atom stereocenters. The first kappa shape index (κ1) is 10.6. The molecule has 1 aliphatic carbocycles. The second-order valence-corrected chi connectivity index (χ2v) is 4.73. The van der Waals surface area contributed by atoms with E-state index in [1.54, 1.807) is 0 Å². The molecule has 1 heterocycles. The average Bonchev–Trinajstić information content (AvgIpc) is 2.71. The van der Waals surface area contributed by atoms with Gasteiger partial charge in [0, 0.05) is 17.9 Å². The molecule has 4 heteroatoms. The first-order valence-corrected chi connectivity index (χ1v) is 5.84. The van der Waals surface area contributed by atoms with Crippen molar-refractivity contribution in [3.63, 3.8) is 0 Å². The van der Waals surface area contributed by atoms with Gasteiger partial charge in [-0.15, -0.1) is 0 Å². The summed E-state index contributed by atoms with van der Waals surface area (Å²) in [5.74, 6) is 1.87. The van der Waals surface area contributed by atoms with Gasteiger partial charge < -0.3 is 5.73 Å². The third kappa shape index (κ3) is 1.78. The lowest BCUT2D eigenvalue weighted by Gasteiger charge is -2.36. The highest BCUT2D eigenvalue weighted by atomic mass is 15.2. The average molecular weight is 208 g/mol. The van der Waals surface area contributed by atoms with Crippen LogP contribution in [0.2, 0.25) is 0 Å². The summed E-state index contributed by atoms with van der Waals surface area (Å²) in [7, 11) is 0. The fraction of sp³-hybridized carbons (Fsp3) is 0.818. The molecular weight excluding hydrogens is 188 g/mol. The summed E-state index contributed by atoms with van der Waals surface area (Å²) in [6.45, 7) is 4.27. The summed E-state index contributed by atoms with van der Waals surface area (Å²) in [5, 5.41) is 7.30. The topological polar surface area (TPSA) is 67.6 Å². The molecule has 3 N–H and O–H groups in total. The largest absolute Gasteiger partial charge is 0.327 e. The SMILES string of the molecule is CCc1nc(C2(C)CCCCC2N)n[nH]1. The molecule has 2 rings (SSSR count). The number of nitrogens with zero attached hydrogens (tertiary/aromatic N) is 2. The normalized spacial score (nSPS) is 31.8. The Hall–Kier alpha value is -0.900. The van der Waals surface area contributed by atoms with Crippen LogP contribution in [0.5, 0.6) is 0 Å². The minimum atomic E-state index is -0.0256. The zero-order chi connectivity index (χ0) is 10.9. The number of rotatable bonds is 2. The Labute approximate surface area is 90.7 Å². The van der Waals surface area contributed by atoms with Crippen LogP contribution >= 0.6 is 0 Å². The number of H-pyrrole nitrogens is 1. The molecule has 15 heavy (non-hydrogen) atoms. The number of nitrogens with one attached hydrogen (secondary N) is 1. The molecule has 0 amide bonds. The lowest BCUT2D eigenvalue weighted by Crippen LogP contribution is -2.46. The van der Waals surface area contributed by atoms with Gasteiger partial charge in [0.25, 0.3) is 0 Å². The van der Waals surface area contributed by atoms with E-state index >= 15 is 0 Å². The van der Waals surface area contributed by atoms with Gasteiger partial charge >= 0.3 is 0 Å². The van der Waals surface area contributed by atoms with Crippen LogP contribution in [0.15, 0.2) is 0 Å². The van der Waals surface area contributed by atoms with Gasteiger partial charge in [-0.25, -0.2) is 4.98 Å². The fourth-order valence-corrected chi connectivity index (χ4v) is 2.35. The quantitative estimate of drug-likeness (QED) is 0.774. The van der Waals surface area contributed by atoms with E-state index in [-0.39, 0.29) is 11.5 Å². The van der Waals surface area contributed by atoms with E-state index in [1.807, 2.05) is 0 Å². The second-order valence-electron chi connectivity index (χ2n) is 4.73. The number of aryl methyl sites for hydroxylation is 1. The van der Waals surface area contributed by atoms with E-state index in [9.17, 15) is 0 Å². The lowest BCUT2D eigenvalue weighted by molar-refractivity contribution is 0.259. The molecular formula is C11H20N4. The van der Waals surface area contributed by atoms with E-state index < -0.39 is 0 Å². The molecule has 0 spiro atoms. The van der Waals surface area contributed by atoms with Crippen LogP contribution in [0.3, 0.4) is 0 Å². The Balaban J connectivity index is 2.26. The Morgan fingerprint density at radius 1 is 1.53 bits per heavy atom. The van der Waals surface area contributed by atoms with E-state index in [0.29, 0.717) is 0 Å². The van der Waals surface area contributed by atoms with Crippen LogP contribution in [0.4, 0.5) is 0 Å². The zero-order valence-corrected chi connectivity index (χ0v) is 9.58. The van der Waals surface area contributed by atoms with Crippen molar-refractivity contribution in [1.29, 1.82) is 0 Å². The van der Waals surface area contributed by atoms with Gasteiger partial charge in [-0.3, -0.25) is 5.10 Å². The standard InChI is InChI=1S/C11H20N4/c1-3-9-13-10(15-14-9)11(2)7-5-4-6-8(11)12/h8H,3-7,12H2,1-2H3,(H,13,14,15). The Bertz CT molecular complexity index is 333. The van der Waals surface area contributed by atoms with Gasteiger partial charge in [0.2, 0.25) is 0 Å². The first-order valence-electron chi connectivity index (χ1n) is 5.84. The van der Waals surface area contributed by atoms with Crippen LogP contribution in [-0.2, 0) is 11.8 Å². The van der Waals surface area contributed by atoms with Gasteiger partial charge in [-0.05, 0) is 12.8 Å². The van der Waals surface area contributed by atoms with Gasteiger partial charge in [-0.2, -0.15) is 5.10 Å². The van der Waals surface area contributed by atoms with Gasteiger partial charge in [0.05, 0.1) is 0 Å². The van der Waals surface area contributed by atoms with Crippen LogP contribution in [0.25, 0.3) is 0 Å². The van der Waals surface area contributed by atoms with Crippen molar-refractivity contribution in [1.82, 2.24) is 15.2 Å². The van der Waals surface area contributed by atoms with Crippen LogP contribution < -0.4 is 5.73 Å². The molecule has 4 nitrogen and oxygen atoms in total. The summed E-state index contributed by atoms with van der Waals surface area (Å²) in [6, 6.07) is 0.201. The number of aromatic amines is 1. The zero-order valence-electron chi connectivity index (χ0n) is 9.58. The number of aromatic nitrogens is 3. The number of nitrogens with two attached hydrogens (primary N) is 1. The molecule has 0 bridgehead atoms. The van der Waals surface area contributed by atoms with Crippen LogP contribution in [-0.4, -0.2) is 21.2 Å². The maximum atomic E-state index is 6.20. The van der Waals surface area contributed by atoms with Gasteiger partial charge in [-0.1, -0.05) is 26.7 Å². The van der Waals surface area contributed by atoms with Crippen molar-refractivity contribution in [2.45, 2.75) is 57.4 Å². The van der Waals surface area contributed by atoms with Crippen molar-refractivity contribution in [3.8, 4) is 0 Å². The molecule has 0 radical (unpaired) electrons. The lowest BCUT2D eigenvalue weighted by atomic mass is 9.71. The molecule has 1 saturated carbocycles. The third-order valence-corrected chi connectivity index (χ3v) is 3.66.